The minimum absolute atomic E-state index is 0.486. The van der Waals surface area contributed by atoms with Gasteiger partial charge in [-0.1, -0.05) is 0 Å². The van der Waals surface area contributed by atoms with Crippen LogP contribution in [0.1, 0.15) is 12.8 Å². The zero-order chi connectivity index (χ0) is 9.61. The maximum absolute atomic E-state index is 11.8. The molecule has 0 aliphatic carbocycles. The Morgan fingerprint density at radius 2 is 1.83 bits per heavy atom. The molecule has 0 saturated heterocycles. The SMILES string of the molecule is CN(CCCCS)CC(F)(F)F. The molecule has 0 bridgehead atoms. The highest BCUT2D eigenvalue weighted by molar-refractivity contribution is 7.80. The summed E-state index contributed by atoms with van der Waals surface area (Å²) >= 11 is 3.97. The van der Waals surface area contributed by atoms with Gasteiger partial charge in [0.15, 0.2) is 0 Å². The summed E-state index contributed by atoms with van der Waals surface area (Å²) < 4.78 is 35.3. The van der Waals surface area contributed by atoms with E-state index in [1.54, 1.807) is 0 Å². The van der Waals surface area contributed by atoms with Gasteiger partial charge in [-0.25, -0.2) is 0 Å². The molecule has 12 heavy (non-hydrogen) atoms. The Hall–Kier alpha value is 0.100. The largest absolute Gasteiger partial charge is 0.401 e. The van der Waals surface area contributed by atoms with Crippen LogP contribution in [0.5, 0.6) is 0 Å². The first-order valence-corrected chi connectivity index (χ1v) is 4.45. The maximum atomic E-state index is 11.8. The van der Waals surface area contributed by atoms with Crippen molar-refractivity contribution >= 4 is 12.6 Å². The summed E-state index contributed by atoms with van der Waals surface area (Å²) in [6.07, 6.45) is -2.43. The van der Waals surface area contributed by atoms with Crippen LogP contribution >= 0.6 is 12.6 Å². The molecule has 0 atom stereocenters. The summed E-state index contributed by atoms with van der Waals surface area (Å²) in [7, 11) is 1.48. The summed E-state index contributed by atoms with van der Waals surface area (Å²) in [4.78, 5) is 1.28. The third-order valence-electron chi connectivity index (χ3n) is 1.40. The molecule has 74 valence electrons. The first kappa shape index (κ1) is 12.1. The van der Waals surface area contributed by atoms with Gasteiger partial charge in [0.2, 0.25) is 0 Å². The van der Waals surface area contributed by atoms with E-state index in [9.17, 15) is 13.2 Å². The van der Waals surface area contributed by atoms with Gasteiger partial charge >= 0.3 is 6.18 Å². The molecule has 0 aromatic heterocycles. The van der Waals surface area contributed by atoms with Crippen LogP contribution in [-0.4, -0.2) is 37.0 Å². The highest BCUT2D eigenvalue weighted by Gasteiger charge is 2.28. The van der Waals surface area contributed by atoms with Crippen LogP contribution in [0.15, 0.2) is 0 Å². The number of rotatable bonds is 5. The Kier molecular flexibility index (Phi) is 5.74. The molecule has 0 heterocycles. The number of nitrogens with zero attached hydrogens (tertiary/aromatic N) is 1. The Labute approximate surface area is 76.3 Å². The fourth-order valence-corrected chi connectivity index (χ4v) is 1.10. The molecule has 0 amide bonds. The van der Waals surface area contributed by atoms with Gasteiger partial charge < -0.3 is 0 Å². The van der Waals surface area contributed by atoms with Gasteiger partial charge in [0.1, 0.15) is 0 Å². The van der Waals surface area contributed by atoms with Gasteiger partial charge in [-0.05, 0) is 32.2 Å². The van der Waals surface area contributed by atoms with E-state index in [-0.39, 0.29) is 0 Å². The minimum atomic E-state index is -4.07. The predicted molar refractivity (Wildman–Crippen MR) is 46.6 cm³/mol. The number of hydrogen-bond acceptors (Lipinski definition) is 2. The maximum Gasteiger partial charge on any atom is 0.401 e. The second-order valence-corrected chi connectivity index (χ2v) is 3.23. The van der Waals surface area contributed by atoms with E-state index in [4.69, 9.17) is 0 Å². The molecule has 0 aromatic carbocycles. The molecule has 0 saturated carbocycles. The number of thiol groups is 1. The van der Waals surface area contributed by atoms with Gasteiger partial charge in [0, 0.05) is 0 Å². The zero-order valence-electron chi connectivity index (χ0n) is 7.06. The Bertz CT molecular complexity index is 116. The lowest BCUT2D eigenvalue weighted by Gasteiger charge is -2.17. The van der Waals surface area contributed by atoms with Crippen molar-refractivity contribution in [2.24, 2.45) is 0 Å². The van der Waals surface area contributed by atoms with E-state index in [0.29, 0.717) is 6.54 Å². The zero-order valence-corrected chi connectivity index (χ0v) is 7.96. The van der Waals surface area contributed by atoms with Crippen molar-refractivity contribution in [2.45, 2.75) is 19.0 Å². The number of hydrogen-bond donors (Lipinski definition) is 1. The van der Waals surface area contributed by atoms with Gasteiger partial charge in [0.05, 0.1) is 6.54 Å². The number of halogens is 3. The van der Waals surface area contributed by atoms with Gasteiger partial charge in [-0.15, -0.1) is 0 Å². The number of unbranched alkanes of at least 4 members (excludes halogenated alkanes) is 1. The van der Waals surface area contributed by atoms with Crippen LogP contribution in [0.25, 0.3) is 0 Å². The molecular weight excluding hydrogens is 187 g/mol. The Morgan fingerprint density at radius 3 is 2.25 bits per heavy atom. The smallest absolute Gasteiger partial charge is 0.298 e. The van der Waals surface area contributed by atoms with E-state index in [2.05, 4.69) is 12.6 Å². The lowest BCUT2D eigenvalue weighted by atomic mass is 10.3. The van der Waals surface area contributed by atoms with E-state index in [1.807, 2.05) is 0 Å². The standard InChI is InChI=1S/C7H14F3NS/c1-11(4-2-3-5-12)6-7(8,9)10/h12H,2-6H2,1H3. The minimum Gasteiger partial charge on any atom is -0.298 e. The quantitative estimate of drug-likeness (QED) is 0.527. The summed E-state index contributed by atoms with van der Waals surface area (Å²) in [5.41, 5.74) is 0. The van der Waals surface area contributed by atoms with Gasteiger partial charge in [-0.2, -0.15) is 25.8 Å². The molecule has 0 unspecified atom stereocenters. The van der Waals surface area contributed by atoms with E-state index in [1.165, 1.54) is 11.9 Å². The van der Waals surface area contributed by atoms with Crippen LogP contribution in [0.2, 0.25) is 0 Å². The van der Waals surface area contributed by atoms with Crippen molar-refractivity contribution in [3.05, 3.63) is 0 Å². The molecule has 0 aliphatic heterocycles. The normalized spacial score (nSPS) is 12.5. The molecule has 0 aromatic rings. The summed E-state index contributed by atoms with van der Waals surface area (Å²) in [5.74, 6) is 0.736. The summed E-state index contributed by atoms with van der Waals surface area (Å²) in [5, 5.41) is 0. The van der Waals surface area contributed by atoms with Crippen molar-refractivity contribution in [1.29, 1.82) is 0 Å². The Morgan fingerprint density at radius 1 is 1.25 bits per heavy atom. The van der Waals surface area contributed by atoms with Crippen molar-refractivity contribution in [1.82, 2.24) is 4.90 Å². The first-order chi connectivity index (χ1) is 5.45. The van der Waals surface area contributed by atoms with Crippen molar-refractivity contribution in [3.8, 4) is 0 Å². The summed E-state index contributed by atoms with van der Waals surface area (Å²) in [6, 6.07) is 0. The second kappa shape index (κ2) is 5.70. The van der Waals surface area contributed by atoms with E-state index >= 15 is 0 Å². The van der Waals surface area contributed by atoms with Crippen LogP contribution < -0.4 is 0 Å². The van der Waals surface area contributed by atoms with Crippen LogP contribution in [0.3, 0.4) is 0 Å². The summed E-state index contributed by atoms with van der Waals surface area (Å²) in [6.45, 7) is -0.334. The second-order valence-electron chi connectivity index (χ2n) is 2.78. The highest BCUT2D eigenvalue weighted by atomic mass is 32.1. The van der Waals surface area contributed by atoms with E-state index < -0.39 is 12.7 Å². The molecule has 0 rings (SSSR count). The van der Waals surface area contributed by atoms with Gasteiger partial charge in [0.25, 0.3) is 0 Å². The molecule has 5 heteroatoms. The highest BCUT2D eigenvalue weighted by Crippen LogP contribution is 2.15. The van der Waals surface area contributed by atoms with Crippen LogP contribution in [0, 0.1) is 0 Å². The Balaban J connectivity index is 3.40. The van der Waals surface area contributed by atoms with Crippen molar-refractivity contribution in [2.75, 3.05) is 25.9 Å². The lowest BCUT2D eigenvalue weighted by molar-refractivity contribution is -0.143. The number of alkyl halides is 3. The monoisotopic (exact) mass is 201 g/mol. The fraction of sp³-hybridized carbons (Fsp3) is 1.00. The third-order valence-corrected chi connectivity index (χ3v) is 1.71. The van der Waals surface area contributed by atoms with Crippen LogP contribution in [-0.2, 0) is 0 Å². The topological polar surface area (TPSA) is 3.24 Å². The fourth-order valence-electron chi connectivity index (χ4n) is 0.879. The average molecular weight is 201 g/mol. The van der Waals surface area contributed by atoms with Crippen LogP contribution in [0.4, 0.5) is 13.2 Å². The van der Waals surface area contributed by atoms with E-state index in [0.717, 1.165) is 18.6 Å². The van der Waals surface area contributed by atoms with Crippen molar-refractivity contribution < 1.29 is 13.2 Å². The molecule has 0 fully saturated rings. The molecule has 0 spiro atoms. The molecular formula is C7H14F3NS. The third kappa shape index (κ3) is 8.20. The van der Waals surface area contributed by atoms with Crippen molar-refractivity contribution in [3.63, 3.8) is 0 Å². The molecule has 0 N–H and O–H groups in total. The first-order valence-electron chi connectivity index (χ1n) is 3.82. The molecule has 0 aliphatic rings. The average Bonchev–Trinajstić information content (AvgIpc) is 1.84. The van der Waals surface area contributed by atoms with Gasteiger partial charge in [-0.3, -0.25) is 4.90 Å². The molecule has 0 radical (unpaired) electrons. The lowest BCUT2D eigenvalue weighted by Crippen LogP contribution is -2.31. The molecule has 1 nitrogen and oxygen atoms in total. The predicted octanol–water partition coefficient (Wildman–Crippen LogP) is 2.19.